The van der Waals surface area contributed by atoms with Gasteiger partial charge in [-0.05, 0) is 35.4 Å². The standard InChI is InChI=1S/C19H16N4O/c24-19-22-16-8-6-14(10-17(16)23-19)15-7-9-18(21-12-15)20-11-13-4-2-1-3-5-13/h1-10,12H,11H2,(H,20,21)(H2,22,23,24). The number of aromatic nitrogens is 3. The third-order valence-corrected chi connectivity index (χ3v) is 3.93. The molecule has 0 saturated heterocycles. The SMILES string of the molecule is O=c1[nH]c2ccc(-c3ccc(NCc4ccccc4)nc3)cc2[nH]1. The molecular weight excluding hydrogens is 300 g/mol. The molecule has 0 aliphatic rings. The number of rotatable bonds is 4. The van der Waals surface area contributed by atoms with E-state index >= 15 is 0 Å². The largest absolute Gasteiger partial charge is 0.366 e. The summed E-state index contributed by atoms with van der Waals surface area (Å²) in [6.07, 6.45) is 1.83. The molecule has 0 unspecified atom stereocenters. The Morgan fingerprint density at radius 2 is 1.67 bits per heavy atom. The average Bonchev–Trinajstić information content (AvgIpc) is 3.00. The number of imidazole rings is 1. The molecule has 2 heterocycles. The van der Waals surface area contributed by atoms with Crippen LogP contribution in [0.3, 0.4) is 0 Å². The molecule has 0 spiro atoms. The predicted molar refractivity (Wildman–Crippen MR) is 95.9 cm³/mol. The molecule has 2 aromatic carbocycles. The molecule has 0 atom stereocenters. The van der Waals surface area contributed by atoms with Crippen molar-refractivity contribution in [3.63, 3.8) is 0 Å². The quantitative estimate of drug-likeness (QED) is 0.539. The first-order valence-electron chi connectivity index (χ1n) is 7.74. The molecule has 24 heavy (non-hydrogen) atoms. The van der Waals surface area contributed by atoms with Gasteiger partial charge in [0.2, 0.25) is 0 Å². The van der Waals surface area contributed by atoms with Crippen molar-refractivity contribution in [1.29, 1.82) is 0 Å². The lowest BCUT2D eigenvalue weighted by Crippen LogP contribution is -2.00. The number of H-pyrrole nitrogens is 2. The first kappa shape index (κ1) is 14.3. The summed E-state index contributed by atoms with van der Waals surface area (Å²) >= 11 is 0. The van der Waals surface area contributed by atoms with Crippen molar-refractivity contribution in [2.75, 3.05) is 5.32 Å². The highest BCUT2D eigenvalue weighted by Gasteiger charge is 2.03. The highest BCUT2D eigenvalue weighted by Crippen LogP contribution is 2.22. The van der Waals surface area contributed by atoms with E-state index < -0.39 is 0 Å². The van der Waals surface area contributed by atoms with Crippen LogP contribution in [0.5, 0.6) is 0 Å². The van der Waals surface area contributed by atoms with Crippen LogP contribution in [-0.2, 0) is 6.54 Å². The van der Waals surface area contributed by atoms with Crippen molar-refractivity contribution >= 4 is 16.9 Å². The molecular formula is C19H16N4O. The molecule has 0 saturated carbocycles. The van der Waals surface area contributed by atoms with Gasteiger partial charge in [0.25, 0.3) is 0 Å². The van der Waals surface area contributed by atoms with Gasteiger partial charge in [-0.3, -0.25) is 0 Å². The Bertz CT molecular complexity index is 1020. The Morgan fingerprint density at radius 1 is 0.875 bits per heavy atom. The van der Waals surface area contributed by atoms with Gasteiger partial charge in [0.15, 0.2) is 0 Å². The van der Waals surface area contributed by atoms with E-state index in [2.05, 4.69) is 32.4 Å². The van der Waals surface area contributed by atoms with E-state index in [1.54, 1.807) is 0 Å². The summed E-state index contributed by atoms with van der Waals surface area (Å²) in [7, 11) is 0. The monoisotopic (exact) mass is 316 g/mol. The zero-order chi connectivity index (χ0) is 16.4. The van der Waals surface area contributed by atoms with Crippen molar-refractivity contribution in [1.82, 2.24) is 15.0 Å². The zero-order valence-electron chi connectivity index (χ0n) is 12.9. The first-order chi connectivity index (χ1) is 11.8. The molecule has 0 aliphatic heterocycles. The van der Waals surface area contributed by atoms with Gasteiger partial charge in [-0.25, -0.2) is 9.78 Å². The Hall–Kier alpha value is -3.34. The number of pyridine rings is 1. The fourth-order valence-corrected chi connectivity index (χ4v) is 2.67. The Labute approximate surface area is 138 Å². The van der Waals surface area contributed by atoms with Gasteiger partial charge in [-0.15, -0.1) is 0 Å². The minimum absolute atomic E-state index is 0.194. The number of benzene rings is 2. The van der Waals surface area contributed by atoms with Gasteiger partial charge in [0, 0.05) is 18.3 Å². The van der Waals surface area contributed by atoms with Crippen molar-refractivity contribution in [2.45, 2.75) is 6.54 Å². The molecule has 0 radical (unpaired) electrons. The number of nitrogens with zero attached hydrogens (tertiary/aromatic N) is 1. The molecule has 0 bridgehead atoms. The topological polar surface area (TPSA) is 73.6 Å². The molecule has 5 heteroatoms. The van der Waals surface area contributed by atoms with Crippen molar-refractivity contribution < 1.29 is 0 Å². The van der Waals surface area contributed by atoms with E-state index in [4.69, 9.17) is 0 Å². The van der Waals surface area contributed by atoms with Crippen LogP contribution < -0.4 is 11.0 Å². The maximum absolute atomic E-state index is 11.3. The fourth-order valence-electron chi connectivity index (χ4n) is 2.67. The second kappa shape index (κ2) is 6.04. The van der Waals surface area contributed by atoms with E-state index in [1.165, 1.54) is 5.56 Å². The average molecular weight is 316 g/mol. The van der Waals surface area contributed by atoms with Gasteiger partial charge in [0.05, 0.1) is 11.0 Å². The van der Waals surface area contributed by atoms with E-state index in [1.807, 2.05) is 54.7 Å². The van der Waals surface area contributed by atoms with Crippen molar-refractivity contribution in [3.05, 3.63) is 82.9 Å². The van der Waals surface area contributed by atoms with Crippen molar-refractivity contribution in [2.24, 2.45) is 0 Å². The molecule has 5 nitrogen and oxygen atoms in total. The van der Waals surface area contributed by atoms with E-state index in [-0.39, 0.29) is 5.69 Å². The lowest BCUT2D eigenvalue weighted by Gasteiger charge is -2.07. The van der Waals surface area contributed by atoms with E-state index in [0.717, 1.165) is 34.5 Å². The summed E-state index contributed by atoms with van der Waals surface area (Å²) in [6.45, 7) is 0.740. The van der Waals surface area contributed by atoms with Crippen LogP contribution in [-0.4, -0.2) is 15.0 Å². The van der Waals surface area contributed by atoms with E-state index in [9.17, 15) is 4.79 Å². The molecule has 4 rings (SSSR count). The second-order valence-electron chi connectivity index (χ2n) is 5.61. The molecule has 0 fully saturated rings. The van der Waals surface area contributed by atoms with Crippen LogP contribution in [0.25, 0.3) is 22.2 Å². The van der Waals surface area contributed by atoms with Gasteiger partial charge in [-0.2, -0.15) is 0 Å². The number of nitrogens with one attached hydrogen (secondary N) is 3. The maximum atomic E-state index is 11.3. The minimum atomic E-state index is -0.194. The van der Waals surface area contributed by atoms with Crippen LogP contribution in [0.2, 0.25) is 0 Å². The van der Waals surface area contributed by atoms with Crippen molar-refractivity contribution in [3.8, 4) is 11.1 Å². The second-order valence-corrected chi connectivity index (χ2v) is 5.61. The van der Waals surface area contributed by atoms with Gasteiger partial charge in [0.1, 0.15) is 5.82 Å². The van der Waals surface area contributed by atoms with Crippen LogP contribution >= 0.6 is 0 Å². The lowest BCUT2D eigenvalue weighted by molar-refractivity contribution is 1.11. The van der Waals surface area contributed by atoms with Crippen LogP contribution in [0, 0.1) is 0 Å². The number of aromatic amines is 2. The Morgan fingerprint density at radius 3 is 2.46 bits per heavy atom. The van der Waals surface area contributed by atoms with Crippen LogP contribution in [0.15, 0.2) is 71.7 Å². The summed E-state index contributed by atoms with van der Waals surface area (Å²) < 4.78 is 0. The number of anilines is 1. The third-order valence-electron chi connectivity index (χ3n) is 3.93. The molecule has 0 aliphatic carbocycles. The molecule has 4 aromatic rings. The predicted octanol–water partition coefficient (Wildman–Crippen LogP) is 3.53. The summed E-state index contributed by atoms with van der Waals surface area (Å²) in [6, 6.07) is 20.0. The Balaban J connectivity index is 1.53. The summed E-state index contributed by atoms with van der Waals surface area (Å²) in [5.74, 6) is 0.832. The molecule has 0 amide bonds. The minimum Gasteiger partial charge on any atom is -0.366 e. The van der Waals surface area contributed by atoms with Crippen LogP contribution in [0.1, 0.15) is 5.56 Å². The summed E-state index contributed by atoms with van der Waals surface area (Å²) in [5.41, 5.74) is 4.64. The highest BCUT2D eigenvalue weighted by atomic mass is 16.1. The highest BCUT2D eigenvalue weighted by molar-refractivity contribution is 5.81. The maximum Gasteiger partial charge on any atom is 0.323 e. The molecule has 3 N–H and O–H groups in total. The van der Waals surface area contributed by atoms with Gasteiger partial charge in [-0.1, -0.05) is 36.4 Å². The fraction of sp³-hybridized carbons (Fsp3) is 0.0526. The molecule has 118 valence electrons. The Kier molecular flexibility index (Phi) is 3.59. The number of hydrogen-bond acceptors (Lipinski definition) is 3. The normalized spacial score (nSPS) is 10.8. The number of hydrogen-bond donors (Lipinski definition) is 3. The lowest BCUT2D eigenvalue weighted by atomic mass is 10.1. The van der Waals surface area contributed by atoms with Gasteiger partial charge < -0.3 is 15.3 Å². The third kappa shape index (κ3) is 2.92. The van der Waals surface area contributed by atoms with E-state index in [0.29, 0.717) is 0 Å². The van der Waals surface area contributed by atoms with Crippen LogP contribution in [0.4, 0.5) is 5.82 Å². The number of fused-ring (bicyclic) bond motifs is 1. The summed E-state index contributed by atoms with van der Waals surface area (Å²) in [4.78, 5) is 21.3. The molecule has 2 aromatic heterocycles. The zero-order valence-corrected chi connectivity index (χ0v) is 12.9. The smallest absolute Gasteiger partial charge is 0.323 e. The summed E-state index contributed by atoms with van der Waals surface area (Å²) in [5, 5.41) is 3.31. The van der Waals surface area contributed by atoms with Gasteiger partial charge >= 0.3 is 5.69 Å². The first-order valence-corrected chi connectivity index (χ1v) is 7.74.